The number of rotatable bonds is 5. The number of nitrogens with two attached hydrogens (primary N) is 1. The van der Waals surface area contributed by atoms with Crippen LogP contribution in [-0.4, -0.2) is 16.5 Å². The Balaban J connectivity index is 2.14. The van der Waals surface area contributed by atoms with Gasteiger partial charge in [0.05, 0.1) is 4.92 Å². The molecule has 0 fully saturated rings. The molecule has 2 rings (SSSR count). The van der Waals surface area contributed by atoms with Crippen molar-refractivity contribution < 1.29 is 4.92 Å². The zero-order chi connectivity index (χ0) is 13.0. The molecule has 0 aliphatic rings. The van der Waals surface area contributed by atoms with Gasteiger partial charge in [-0.1, -0.05) is 12.1 Å². The normalized spacial score (nSPS) is 12.3. The van der Waals surface area contributed by atoms with Crippen molar-refractivity contribution >= 4 is 5.69 Å². The highest BCUT2D eigenvalue weighted by Crippen LogP contribution is 2.21. The zero-order valence-corrected chi connectivity index (χ0v) is 9.87. The molecule has 0 spiro atoms. The third-order valence-electron chi connectivity index (χ3n) is 2.99. The van der Waals surface area contributed by atoms with Gasteiger partial charge >= 0.3 is 0 Å². The molecule has 1 atom stereocenters. The van der Waals surface area contributed by atoms with Crippen LogP contribution in [0, 0.1) is 10.1 Å². The Labute approximate surface area is 105 Å². The lowest BCUT2D eigenvalue weighted by molar-refractivity contribution is -0.384. The predicted molar refractivity (Wildman–Crippen MR) is 69.4 cm³/mol. The minimum atomic E-state index is -0.397. The van der Waals surface area contributed by atoms with E-state index in [1.807, 2.05) is 18.3 Å². The van der Waals surface area contributed by atoms with Gasteiger partial charge in [-0.3, -0.25) is 10.1 Å². The van der Waals surface area contributed by atoms with Gasteiger partial charge in [-0.15, -0.1) is 0 Å². The first-order chi connectivity index (χ1) is 8.70. The summed E-state index contributed by atoms with van der Waals surface area (Å²) < 4.78 is 0. The predicted octanol–water partition coefficient (Wildman–Crippen LogP) is 2.21. The molecule has 0 aliphatic heterocycles. The average molecular weight is 245 g/mol. The summed E-state index contributed by atoms with van der Waals surface area (Å²) in [7, 11) is 0. The summed E-state index contributed by atoms with van der Waals surface area (Å²) in [5.41, 5.74) is 8.02. The molecular formula is C13H15N3O2. The third kappa shape index (κ3) is 2.75. The van der Waals surface area contributed by atoms with Crippen LogP contribution in [-0.2, 0) is 6.42 Å². The van der Waals surface area contributed by atoms with Gasteiger partial charge in [-0.25, -0.2) is 0 Å². The Kier molecular flexibility index (Phi) is 3.74. The third-order valence-corrected chi connectivity index (χ3v) is 2.99. The molecule has 0 saturated heterocycles. The molecule has 94 valence electrons. The van der Waals surface area contributed by atoms with Crippen LogP contribution in [0.15, 0.2) is 42.6 Å². The van der Waals surface area contributed by atoms with E-state index < -0.39 is 4.92 Å². The van der Waals surface area contributed by atoms with Crippen molar-refractivity contribution in [2.75, 3.05) is 6.54 Å². The second-order valence-electron chi connectivity index (χ2n) is 4.18. The number of non-ortho nitro benzene ring substituents is 1. The van der Waals surface area contributed by atoms with Gasteiger partial charge in [-0.2, -0.15) is 0 Å². The molecule has 3 N–H and O–H groups in total. The molecule has 0 aliphatic carbocycles. The van der Waals surface area contributed by atoms with Crippen LogP contribution in [0.3, 0.4) is 0 Å². The summed E-state index contributed by atoms with van der Waals surface area (Å²) in [6.07, 6.45) is 2.68. The summed E-state index contributed by atoms with van der Waals surface area (Å²) in [5, 5.41) is 10.6. The molecule has 1 aromatic heterocycles. The van der Waals surface area contributed by atoms with E-state index in [1.165, 1.54) is 12.1 Å². The molecule has 0 bridgehead atoms. The summed E-state index contributed by atoms with van der Waals surface area (Å²) in [5.74, 6) is 0.171. The molecule has 2 aromatic rings. The summed E-state index contributed by atoms with van der Waals surface area (Å²) in [6, 6.07) is 10.5. The van der Waals surface area contributed by atoms with E-state index in [2.05, 4.69) is 4.98 Å². The van der Waals surface area contributed by atoms with Crippen LogP contribution in [0.2, 0.25) is 0 Å². The van der Waals surface area contributed by atoms with E-state index in [1.54, 1.807) is 12.1 Å². The number of aromatic nitrogens is 1. The number of benzene rings is 1. The molecule has 1 unspecified atom stereocenters. The molecule has 0 amide bonds. The molecule has 18 heavy (non-hydrogen) atoms. The van der Waals surface area contributed by atoms with Gasteiger partial charge < -0.3 is 10.7 Å². The van der Waals surface area contributed by atoms with Gasteiger partial charge in [0.25, 0.3) is 5.69 Å². The lowest BCUT2D eigenvalue weighted by Gasteiger charge is -2.14. The lowest BCUT2D eigenvalue weighted by atomic mass is 9.94. The quantitative estimate of drug-likeness (QED) is 0.625. The van der Waals surface area contributed by atoms with E-state index in [0.717, 1.165) is 17.7 Å². The zero-order valence-electron chi connectivity index (χ0n) is 9.87. The number of aromatic amines is 1. The maximum atomic E-state index is 10.6. The van der Waals surface area contributed by atoms with Crippen molar-refractivity contribution in [3.63, 3.8) is 0 Å². The average Bonchev–Trinajstić information content (AvgIpc) is 2.89. The van der Waals surface area contributed by atoms with Crippen LogP contribution in [0.1, 0.15) is 17.2 Å². The topological polar surface area (TPSA) is 85.0 Å². The molecule has 5 nitrogen and oxygen atoms in total. The number of H-pyrrole nitrogens is 1. The molecule has 1 heterocycles. The van der Waals surface area contributed by atoms with Crippen LogP contribution < -0.4 is 5.73 Å². The first kappa shape index (κ1) is 12.3. The highest BCUT2D eigenvalue weighted by molar-refractivity contribution is 5.35. The number of nitrogens with zero attached hydrogens (tertiary/aromatic N) is 1. The van der Waals surface area contributed by atoms with Crippen molar-refractivity contribution in [1.29, 1.82) is 0 Å². The Hall–Kier alpha value is -2.14. The van der Waals surface area contributed by atoms with Gasteiger partial charge in [-0.05, 0) is 30.7 Å². The Morgan fingerprint density at radius 2 is 2.00 bits per heavy atom. The van der Waals surface area contributed by atoms with Crippen LogP contribution >= 0.6 is 0 Å². The monoisotopic (exact) mass is 245 g/mol. The van der Waals surface area contributed by atoms with E-state index in [4.69, 9.17) is 5.73 Å². The molecule has 1 aromatic carbocycles. The summed E-state index contributed by atoms with van der Waals surface area (Å²) in [4.78, 5) is 13.3. The fourth-order valence-corrected chi connectivity index (χ4v) is 1.97. The number of nitro benzene ring substituents is 1. The fourth-order valence-electron chi connectivity index (χ4n) is 1.97. The van der Waals surface area contributed by atoms with Crippen LogP contribution in [0.25, 0.3) is 0 Å². The maximum absolute atomic E-state index is 10.6. The van der Waals surface area contributed by atoms with Crippen molar-refractivity contribution in [2.24, 2.45) is 5.73 Å². The van der Waals surface area contributed by atoms with E-state index in [9.17, 15) is 10.1 Å². The first-order valence-electron chi connectivity index (χ1n) is 5.77. The minimum Gasteiger partial charge on any atom is -0.365 e. The van der Waals surface area contributed by atoms with E-state index in [0.29, 0.717) is 6.54 Å². The smallest absolute Gasteiger partial charge is 0.269 e. The number of nitro groups is 1. The highest BCUT2D eigenvalue weighted by atomic mass is 16.6. The van der Waals surface area contributed by atoms with Gasteiger partial charge in [0.2, 0.25) is 0 Å². The highest BCUT2D eigenvalue weighted by Gasteiger charge is 2.13. The van der Waals surface area contributed by atoms with Gasteiger partial charge in [0, 0.05) is 29.9 Å². The summed E-state index contributed by atoms with van der Waals surface area (Å²) in [6.45, 7) is 0.511. The second-order valence-corrected chi connectivity index (χ2v) is 4.18. The SMILES string of the molecule is NCC(Cc1ccc[nH]1)c1ccc([N+](=O)[O-])cc1. The largest absolute Gasteiger partial charge is 0.365 e. The molecule has 0 radical (unpaired) electrons. The Morgan fingerprint density at radius 3 is 2.50 bits per heavy atom. The standard InChI is InChI=1S/C13H15N3O2/c14-9-11(8-12-2-1-7-15-12)10-3-5-13(6-4-10)16(17)18/h1-7,11,15H,8-9,14H2. The Morgan fingerprint density at radius 1 is 1.28 bits per heavy atom. The minimum absolute atomic E-state index is 0.106. The number of nitrogens with one attached hydrogen (secondary N) is 1. The molecule has 5 heteroatoms. The number of hydrogen-bond donors (Lipinski definition) is 2. The maximum Gasteiger partial charge on any atom is 0.269 e. The molecular weight excluding hydrogens is 230 g/mol. The lowest BCUT2D eigenvalue weighted by Crippen LogP contribution is -2.15. The van der Waals surface area contributed by atoms with Gasteiger partial charge in [0.1, 0.15) is 0 Å². The van der Waals surface area contributed by atoms with Crippen molar-refractivity contribution in [3.8, 4) is 0 Å². The van der Waals surface area contributed by atoms with Crippen molar-refractivity contribution in [3.05, 3.63) is 64.0 Å². The first-order valence-corrected chi connectivity index (χ1v) is 5.77. The Bertz CT molecular complexity index is 506. The van der Waals surface area contributed by atoms with Crippen LogP contribution in [0.5, 0.6) is 0 Å². The van der Waals surface area contributed by atoms with Crippen LogP contribution in [0.4, 0.5) is 5.69 Å². The van der Waals surface area contributed by atoms with Gasteiger partial charge in [0.15, 0.2) is 0 Å². The molecule has 0 saturated carbocycles. The van der Waals surface area contributed by atoms with E-state index in [-0.39, 0.29) is 11.6 Å². The fraction of sp³-hybridized carbons (Fsp3) is 0.231. The second kappa shape index (κ2) is 5.46. The van der Waals surface area contributed by atoms with E-state index >= 15 is 0 Å². The summed E-state index contributed by atoms with van der Waals surface area (Å²) >= 11 is 0. The van der Waals surface area contributed by atoms with Crippen molar-refractivity contribution in [1.82, 2.24) is 4.98 Å². The number of hydrogen-bond acceptors (Lipinski definition) is 3. The van der Waals surface area contributed by atoms with Crippen molar-refractivity contribution in [2.45, 2.75) is 12.3 Å².